The molecule has 1 heterocycles. The molecule has 2 rings (SSSR count). The lowest BCUT2D eigenvalue weighted by Gasteiger charge is -2.18. The van der Waals surface area contributed by atoms with Crippen molar-refractivity contribution in [1.82, 2.24) is 5.32 Å². The van der Waals surface area contributed by atoms with Crippen LogP contribution in [0.15, 0.2) is 18.2 Å². The van der Waals surface area contributed by atoms with Crippen molar-refractivity contribution in [3.05, 3.63) is 29.3 Å². The number of nitrogens with one attached hydrogen (secondary N) is 1. The molecule has 19 heavy (non-hydrogen) atoms. The fourth-order valence-electron chi connectivity index (χ4n) is 2.11. The number of aliphatic hydroxyl groups excluding tert-OH is 1. The van der Waals surface area contributed by atoms with Gasteiger partial charge in [-0.15, -0.1) is 0 Å². The van der Waals surface area contributed by atoms with E-state index in [9.17, 15) is 4.79 Å². The Labute approximate surface area is 112 Å². The number of benzene rings is 1. The van der Waals surface area contributed by atoms with Crippen molar-refractivity contribution in [2.45, 2.75) is 25.3 Å². The first-order valence-corrected chi connectivity index (χ1v) is 6.59. The van der Waals surface area contributed by atoms with Gasteiger partial charge in [0.1, 0.15) is 11.8 Å². The monoisotopic (exact) mass is 264 g/mol. The third kappa shape index (κ3) is 3.68. The number of aliphatic hydroxyl groups is 1. The molecular formula is C14H20N2O3. The largest absolute Gasteiger partial charge is 0.493 e. The summed E-state index contributed by atoms with van der Waals surface area (Å²) >= 11 is 0. The molecule has 1 aromatic rings. The summed E-state index contributed by atoms with van der Waals surface area (Å²) in [5.41, 5.74) is 7.82. The van der Waals surface area contributed by atoms with Gasteiger partial charge in [-0.2, -0.15) is 0 Å². The standard InChI is InChI=1S/C14H20N2O3/c15-12(9-17)14(18)16-6-5-10-3-4-13-11(8-10)2-1-7-19-13/h3-4,8,12,17H,1-2,5-7,9,15H2,(H,16,18). The average Bonchev–Trinajstić information content (AvgIpc) is 2.46. The molecule has 1 amide bonds. The third-order valence-electron chi connectivity index (χ3n) is 3.22. The van der Waals surface area contributed by atoms with Crippen LogP contribution in [0, 0.1) is 0 Å². The molecule has 104 valence electrons. The van der Waals surface area contributed by atoms with Crippen molar-refractivity contribution in [1.29, 1.82) is 0 Å². The van der Waals surface area contributed by atoms with Gasteiger partial charge in [0, 0.05) is 6.54 Å². The number of hydrogen-bond donors (Lipinski definition) is 3. The Kier molecular flexibility index (Phi) is 4.76. The zero-order valence-corrected chi connectivity index (χ0v) is 10.9. The van der Waals surface area contributed by atoms with Crippen molar-refractivity contribution in [2.75, 3.05) is 19.8 Å². The average molecular weight is 264 g/mol. The van der Waals surface area contributed by atoms with Crippen LogP contribution in [0.1, 0.15) is 17.5 Å². The van der Waals surface area contributed by atoms with E-state index < -0.39 is 6.04 Å². The number of nitrogens with two attached hydrogens (primary N) is 1. The Hall–Kier alpha value is -1.59. The molecule has 1 aliphatic heterocycles. The first-order valence-electron chi connectivity index (χ1n) is 6.59. The summed E-state index contributed by atoms with van der Waals surface area (Å²) in [6, 6.07) is 5.30. The van der Waals surface area contributed by atoms with E-state index in [1.165, 1.54) is 11.1 Å². The summed E-state index contributed by atoms with van der Waals surface area (Å²) < 4.78 is 5.55. The molecule has 1 atom stereocenters. The molecular weight excluding hydrogens is 244 g/mol. The molecule has 0 fully saturated rings. The number of rotatable bonds is 5. The van der Waals surface area contributed by atoms with Crippen LogP contribution in [0.3, 0.4) is 0 Å². The zero-order chi connectivity index (χ0) is 13.7. The lowest BCUT2D eigenvalue weighted by Crippen LogP contribution is -2.43. The smallest absolute Gasteiger partial charge is 0.239 e. The highest BCUT2D eigenvalue weighted by atomic mass is 16.5. The molecule has 5 nitrogen and oxygen atoms in total. The van der Waals surface area contributed by atoms with Crippen LogP contribution in [0.4, 0.5) is 0 Å². The molecule has 1 unspecified atom stereocenters. The second-order valence-corrected chi connectivity index (χ2v) is 4.72. The summed E-state index contributed by atoms with van der Waals surface area (Å²) in [4.78, 5) is 11.4. The van der Waals surface area contributed by atoms with Gasteiger partial charge in [0.05, 0.1) is 13.2 Å². The molecule has 0 radical (unpaired) electrons. The van der Waals surface area contributed by atoms with Gasteiger partial charge in [0.15, 0.2) is 0 Å². The Balaban J connectivity index is 1.85. The van der Waals surface area contributed by atoms with Crippen LogP contribution in [-0.2, 0) is 17.6 Å². The predicted molar refractivity (Wildman–Crippen MR) is 72.0 cm³/mol. The molecule has 0 aromatic heterocycles. The first kappa shape index (κ1) is 13.8. The van der Waals surface area contributed by atoms with Gasteiger partial charge in [0.25, 0.3) is 0 Å². The summed E-state index contributed by atoms with van der Waals surface area (Å²) in [6.45, 7) is 0.982. The lowest BCUT2D eigenvalue weighted by atomic mass is 10.0. The van der Waals surface area contributed by atoms with Crippen LogP contribution in [-0.4, -0.2) is 36.8 Å². The van der Waals surface area contributed by atoms with Gasteiger partial charge in [-0.1, -0.05) is 12.1 Å². The summed E-state index contributed by atoms with van der Waals surface area (Å²) in [5.74, 6) is 0.658. The zero-order valence-electron chi connectivity index (χ0n) is 10.9. The normalized spacial score (nSPS) is 15.3. The summed E-state index contributed by atoms with van der Waals surface area (Å²) in [5, 5.41) is 11.5. The number of carbonyl (C=O) groups is 1. The van der Waals surface area contributed by atoms with Crippen LogP contribution in [0.2, 0.25) is 0 Å². The van der Waals surface area contributed by atoms with Crippen LogP contribution >= 0.6 is 0 Å². The molecule has 0 saturated heterocycles. The van der Waals surface area contributed by atoms with Crippen molar-refractivity contribution in [3.63, 3.8) is 0 Å². The van der Waals surface area contributed by atoms with Gasteiger partial charge in [-0.25, -0.2) is 0 Å². The Morgan fingerprint density at radius 3 is 3.16 bits per heavy atom. The van der Waals surface area contributed by atoms with Gasteiger partial charge in [-0.3, -0.25) is 4.79 Å². The van der Waals surface area contributed by atoms with Crippen molar-refractivity contribution in [2.24, 2.45) is 5.73 Å². The second kappa shape index (κ2) is 6.54. The van der Waals surface area contributed by atoms with Gasteiger partial charge in [0.2, 0.25) is 5.91 Å². The minimum atomic E-state index is -0.836. The topological polar surface area (TPSA) is 84.6 Å². The van der Waals surface area contributed by atoms with Crippen LogP contribution < -0.4 is 15.8 Å². The van der Waals surface area contributed by atoms with E-state index >= 15 is 0 Å². The molecule has 0 spiro atoms. The van der Waals surface area contributed by atoms with E-state index in [0.717, 1.165) is 31.6 Å². The lowest BCUT2D eigenvalue weighted by molar-refractivity contribution is -0.123. The molecule has 1 aliphatic rings. The molecule has 5 heteroatoms. The minimum absolute atomic E-state index is 0.316. The van der Waals surface area contributed by atoms with Crippen LogP contribution in [0.5, 0.6) is 5.75 Å². The maximum Gasteiger partial charge on any atom is 0.239 e. The van der Waals surface area contributed by atoms with E-state index in [0.29, 0.717) is 6.54 Å². The van der Waals surface area contributed by atoms with E-state index in [1.807, 2.05) is 12.1 Å². The van der Waals surface area contributed by atoms with E-state index in [2.05, 4.69) is 11.4 Å². The van der Waals surface area contributed by atoms with E-state index in [-0.39, 0.29) is 12.5 Å². The second-order valence-electron chi connectivity index (χ2n) is 4.72. The number of aryl methyl sites for hydroxylation is 1. The third-order valence-corrected chi connectivity index (χ3v) is 3.22. The number of hydrogen-bond acceptors (Lipinski definition) is 4. The maximum absolute atomic E-state index is 11.4. The van der Waals surface area contributed by atoms with E-state index in [1.54, 1.807) is 0 Å². The van der Waals surface area contributed by atoms with Crippen molar-refractivity contribution >= 4 is 5.91 Å². The quantitative estimate of drug-likeness (QED) is 0.698. The van der Waals surface area contributed by atoms with Crippen molar-refractivity contribution in [3.8, 4) is 5.75 Å². The number of amides is 1. The predicted octanol–water partition coefficient (Wildman–Crippen LogP) is -0.0101. The number of fused-ring (bicyclic) bond motifs is 1. The van der Waals surface area contributed by atoms with Crippen LogP contribution in [0.25, 0.3) is 0 Å². The highest BCUT2D eigenvalue weighted by Crippen LogP contribution is 2.25. The first-order chi connectivity index (χ1) is 9.20. The number of ether oxygens (including phenoxy) is 1. The highest BCUT2D eigenvalue weighted by molar-refractivity contribution is 5.81. The SMILES string of the molecule is NC(CO)C(=O)NCCc1ccc2c(c1)CCCO2. The Morgan fingerprint density at radius 2 is 2.37 bits per heavy atom. The molecule has 0 saturated carbocycles. The summed E-state index contributed by atoms with van der Waals surface area (Å²) in [7, 11) is 0. The fourth-order valence-corrected chi connectivity index (χ4v) is 2.11. The van der Waals surface area contributed by atoms with Gasteiger partial charge >= 0.3 is 0 Å². The maximum atomic E-state index is 11.4. The molecule has 1 aromatic carbocycles. The molecule has 0 aliphatic carbocycles. The minimum Gasteiger partial charge on any atom is -0.493 e. The Morgan fingerprint density at radius 1 is 1.53 bits per heavy atom. The van der Waals surface area contributed by atoms with Gasteiger partial charge in [-0.05, 0) is 36.5 Å². The van der Waals surface area contributed by atoms with E-state index in [4.69, 9.17) is 15.6 Å². The Bertz CT molecular complexity index is 448. The summed E-state index contributed by atoms with van der Waals surface area (Å²) in [6.07, 6.45) is 2.85. The van der Waals surface area contributed by atoms with Gasteiger partial charge < -0.3 is 20.9 Å². The highest BCUT2D eigenvalue weighted by Gasteiger charge is 2.12. The van der Waals surface area contributed by atoms with Crippen molar-refractivity contribution < 1.29 is 14.6 Å². The number of carbonyl (C=O) groups excluding carboxylic acids is 1. The fraction of sp³-hybridized carbons (Fsp3) is 0.500. The molecule has 4 N–H and O–H groups in total. The molecule has 0 bridgehead atoms.